The molecule has 2 heterocycles. The van der Waals surface area contributed by atoms with E-state index in [1.54, 1.807) is 0 Å². The predicted octanol–water partition coefficient (Wildman–Crippen LogP) is 1.35. The second-order valence-corrected chi connectivity index (χ2v) is 4.47. The van der Waals surface area contributed by atoms with Gasteiger partial charge in [-0.15, -0.1) is 0 Å². The summed E-state index contributed by atoms with van der Waals surface area (Å²) in [6, 6.07) is 0.686. The van der Waals surface area contributed by atoms with Crippen LogP contribution in [0.2, 0.25) is 0 Å². The second kappa shape index (κ2) is 4.13. The van der Waals surface area contributed by atoms with Crippen LogP contribution < -0.4 is 5.32 Å². The lowest BCUT2D eigenvalue weighted by molar-refractivity contribution is 0.314. The highest BCUT2D eigenvalue weighted by molar-refractivity contribution is 5.05. The standard InChI is InChI=1S/C11H19N3/c1-9-5-10(3-4-12-9)6-11-7-13-14(2)8-11/h7-10,12H,3-6H2,1-2H3. The zero-order valence-electron chi connectivity index (χ0n) is 9.03. The van der Waals surface area contributed by atoms with Crippen LogP contribution in [0.15, 0.2) is 12.4 Å². The van der Waals surface area contributed by atoms with Gasteiger partial charge in [0.2, 0.25) is 0 Å². The van der Waals surface area contributed by atoms with E-state index in [1.165, 1.54) is 31.4 Å². The first-order valence-electron chi connectivity index (χ1n) is 5.45. The topological polar surface area (TPSA) is 29.9 Å². The van der Waals surface area contributed by atoms with Crippen molar-refractivity contribution in [1.29, 1.82) is 0 Å². The summed E-state index contributed by atoms with van der Waals surface area (Å²) in [7, 11) is 1.98. The minimum atomic E-state index is 0.686. The molecule has 14 heavy (non-hydrogen) atoms. The van der Waals surface area contributed by atoms with E-state index in [1.807, 2.05) is 17.9 Å². The third-order valence-corrected chi connectivity index (χ3v) is 3.02. The molecule has 1 aliphatic heterocycles. The Labute approximate surface area is 85.5 Å². The number of nitrogens with zero attached hydrogens (tertiary/aromatic N) is 2. The van der Waals surface area contributed by atoms with Crippen LogP contribution >= 0.6 is 0 Å². The minimum absolute atomic E-state index is 0.686. The molecule has 0 bridgehead atoms. The predicted molar refractivity (Wildman–Crippen MR) is 57.1 cm³/mol. The highest BCUT2D eigenvalue weighted by atomic mass is 15.2. The van der Waals surface area contributed by atoms with Gasteiger partial charge in [0.05, 0.1) is 6.20 Å². The summed E-state index contributed by atoms with van der Waals surface area (Å²) >= 11 is 0. The Hall–Kier alpha value is -0.830. The molecule has 0 aliphatic carbocycles. The third kappa shape index (κ3) is 2.35. The van der Waals surface area contributed by atoms with Crippen LogP contribution in [0.3, 0.4) is 0 Å². The van der Waals surface area contributed by atoms with E-state index in [9.17, 15) is 0 Å². The zero-order chi connectivity index (χ0) is 9.97. The quantitative estimate of drug-likeness (QED) is 0.768. The molecule has 0 aromatic carbocycles. The van der Waals surface area contributed by atoms with Gasteiger partial charge in [0, 0.05) is 19.3 Å². The molecule has 0 saturated carbocycles. The Kier molecular flexibility index (Phi) is 2.87. The zero-order valence-corrected chi connectivity index (χ0v) is 9.03. The number of nitrogens with one attached hydrogen (secondary N) is 1. The molecule has 1 N–H and O–H groups in total. The fourth-order valence-corrected chi connectivity index (χ4v) is 2.33. The average Bonchev–Trinajstić information content (AvgIpc) is 2.51. The lowest BCUT2D eigenvalue weighted by atomic mass is 9.89. The van der Waals surface area contributed by atoms with Gasteiger partial charge in [-0.3, -0.25) is 4.68 Å². The van der Waals surface area contributed by atoms with E-state index < -0.39 is 0 Å². The second-order valence-electron chi connectivity index (χ2n) is 4.47. The van der Waals surface area contributed by atoms with E-state index in [2.05, 4.69) is 23.5 Å². The molecule has 1 aliphatic rings. The van der Waals surface area contributed by atoms with E-state index in [0.717, 1.165) is 5.92 Å². The van der Waals surface area contributed by atoms with Crippen LogP contribution in [0.25, 0.3) is 0 Å². The Bertz CT molecular complexity index is 292. The number of hydrogen-bond acceptors (Lipinski definition) is 2. The van der Waals surface area contributed by atoms with Crippen LogP contribution in [0.4, 0.5) is 0 Å². The van der Waals surface area contributed by atoms with Crippen LogP contribution in [-0.4, -0.2) is 22.4 Å². The summed E-state index contributed by atoms with van der Waals surface area (Å²) in [6.45, 7) is 3.45. The van der Waals surface area contributed by atoms with Crippen LogP contribution in [0, 0.1) is 5.92 Å². The molecule has 1 saturated heterocycles. The molecular formula is C11H19N3. The molecule has 1 aromatic rings. The van der Waals surface area contributed by atoms with E-state index in [0.29, 0.717) is 6.04 Å². The van der Waals surface area contributed by atoms with Gasteiger partial charge in [-0.25, -0.2) is 0 Å². The van der Waals surface area contributed by atoms with Crippen molar-refractivity contribution in [2.45, 2.75) is 32.2 Å². The smallest absolute Gasteiger partial charge is 0.0521 e. The van der Waals surface area contributed by atoms with Crippen molar-refractivity contribution in [2.24, 2.45) is 13.0 Å². The Balaban J connectivity index is 1.90. The molecule has 0 radical (unpaired) electrons. The lowest BCUT2D eigenvalue weighted by Gasteiger charge is -2.27. The molecule has 2 rings (SSSR count). The number of aromatic nitrogens is 2. The van der Waals surface area contributed by atoms with Crippen LogP contribution in [0.5, 0.6) is 0 Å². The maximum atomic E-state index is 4.20. The maximum absolute atomic E-state index is 4.20. The average molecular weight is 193 g/mol. The van der Waals surface area contributed by atoms with Crippen molar-refractivity contribution in [3.63, 3.8) is 0 Å². The molecule has 1 fully saturated rings. The summed E-state index contributed by atoms with van der Waals surface area (Å²) in [5, 5.41) is 7.68. The van der Waals surface area contributed by atoms with Gasteiger partial charge in [-0.05, 0) is 44.2 Å². The molecule has 2 unspecified atom stereocenters. The van der Waals surface area contributed by atoms with E-state index in [4.69, 9.17) is 0 Å². The highest BCUT2D eigenvalue weighted by Gasteiger charge is 2.18. The Morgan fingerprint density at radius 3 is 3.14 bits per heavy atom. The number of aryl methyl sites for hydroxylation is 1. The molecule has 0 spiro atoms. The highest BCUT2D eigenvalue weighted by Crippen LogP contribution is 2.20. The molecule has 2 atom stereocenters. The summed E-state index contributed by atoms with van der Waals surface area (Å²) in [5.74, 6) is 0.843. The molecule has 78 valence electrons. The van der Waals surface area contributed by atoms with Gasteiger partial charge in [-0.1, -0.05) is 0 Å². The van der Waals surface area contributed by atoms with Crippen molar-refractivity contribution in [3.8, 4) is 0 Å². The van der Waals surface area contributed by atoms with Crippen molar-refractivity contribution in [2.75, 3.05) is 6.54 Å². The normalized spacial score (nSPS) is 27.9. The fourth-order valence-electron chi connectivity index (χ4n) is 2.33. The first-order valence-corrected chi connectivity index (χ1v) is 5.45. The van der Waals surface area contributed by atoms with Crippen molar-refractivity contribution < 1.29 is 0 Å². The summed E-state index contributed by atoms with van der Waals surface area (Å²) in [6.07, 6.45) is 7.92. The van der Waals surface area contributed by atoms with E-state index in [-0.39, 0.29) is 0 Å². The monoisotopic (exact) mass is 193 g/mol. The lowest BCUT2D eigenvalue weighted by Crippen LogP contribution is -2.36. The minimum Gasteiger partial charge on any atom is -0.314 e. The number of hydrogen-bond donors (Lipinski definition) is 1. The Morgan fingerprint density at radius 2 is 2.50 bits per heavy atom. The summed E-state index contributed by atoms with van der Waals surface area (Å²) < 4.78 is 1.89. The van der Waals surface area contributed by atoms with Crippen LogP contribution in [-0.2, 0) is 13.5 Å². The van der Waals surface area contributed by atoms with Crippen molar-refractivity contribution in [3.05, 3.63) is 18.0 Å². The molecule has 3 nitrogen and oxygen atoms in total. The van der Waals surface area contributed by atoms with Gasteiger partial charge in [0.15, 0.2) is 0 Å². The molecule has 1 aromatic heterocycles. The van der Waals surface area contributed by atoms with Gasteiger partial charge >= 0.3 is 0 Å². The van der Waals surface area contributed by atoms with E-state index >= 15 is 0 Å². The third-order valence-electron chi connectivity index (χ3n) is 3.02. The Morgan fingerprint density at radius 1 is 1.64 bits per heavy atom. The van der Waals surface area contributed by atoms with Crippen molar-refractivity contribution in [1.82, 2.24) is 15.1 Å². The fraction of sp³-hybridized carbons (Fsp3) is 0.727. The first-order chi connectivity index (χ1) is 6.74. The van der Waals surface area contributed by atoms with Crippen LogP contribution in [0.1, 0.15) is 25.3 Å². The maximum Gasteiger partial charge on any atom is 0.0521 e. The largest absolute Gasteiger partial charge is 0.314 e. The van der Waals surface area contributed by atoms with Gasteiger partial charge in [-0.2, -0.15) is 5.10 Å². The molecular weight excluding hydrogens is 174 g/mol. The molecule has 3 heteroatoms. The van der Waals surface area contributed by atoms with Gasteiger partial charge < -0.3 is 5.32 Å². The SMILES string of the molecule is CC1CC(Cc2cnn(C)c2)CCN1. The number of piperidine rings is 1. The first kappa shape index (κ1) is 9.71. The molecule has 0 amide bonds. The summed E-state index contributed by atoms with van der Waals surface area (Å²) in [4.78, 5) is 0. The summed E-state index contributed by atoms with van der Waals surface area (Å²) in [5.41, 5.74) is 1.38. The van der Waals surface area contributed by atoms with Gasteiger partial charge in [0.25, 0.3) is 0 Å². The van der Waals surface area contributed by atoms with Crippen molar-refractivity contribution >= 4 is 0 Å². The van der Waals surface area contributed by atoms with Gasteiger partial charge in [0.1, 0.15) is 0 Å². The number of rotatable bonds is 2.